The van der Waals surface area contributed by atoms with E-state index in [2.05, 4.69) is 0 Å². The summed E-state index contributed by atoms with van der Waals surface area (Å²) in [7, 11) is 0. The molecule has 0 saturated carbocycles. The van der Waals surface area contributed by atoms with Gasteiger partial charge in [0.2, 0.25) is 0 Å². The summed E-state index contributed by atoms with van der Waals surface area (Å²) >= 11 is 0. The smallest absolute Gasteiger partial charge is 0.253 e. The molecule has 2 heterocycles. The van der Waals surface area contributed by atoms with E-state index >= 15 is 0 Å². The Balaban J connectivity index is 1.58. The normalized spacial score (nSPS) is 22.4. The van der Waals surface area contributed by atoms with Crippen molar-refractivity contribution in [2.45, 2.75) is 51.7 Å². The molecule has 2 N–H and O–H groups in total. The maximum Gasteiger partial charge on any atom is 0.253 e. The molecule has 3 aromatic rings. The number of ketones is 1. The number of hydrogen-bond acceptors (Lipinski definition) is 5. The first-order valence-corrected chi connectivity index (χ1v) is 13.5. The van der Waals surface area contributed by atoms with E-state index in [4.69, 9.17) is 15.5 Å². The molecule has 3 unspecified atom stereocenters. The van der Waals surface area contributed by atoms with Crippen molar-refractivity contribution in [3.05, 3.63) is 89.5 Å². The summed E-state index contributed by atoms with van der Waals surface area (Å²) < 4.78 is 6.48. The number of rotatable bonds is 6. The molecular weight excluding hydrogens is 474 g/mol. The number of carbonyl (C=O) groups excluding carboxylic acids is 2. The van der Waals surface area contributed by atoms with Crippen molar-refractivity contribution in [3.8, 4) is 16.9 Å². The minimum atomic E-state index is -1.09. The van der Waals surface area contributed by atoms with Gasteiger partial charge in [-0.3, -0.25) is 14.6 Å². The highest BCUT2D eigenvalue weighted by Crippen LogP contribution is 2.51. The number of aliphatic imine (C=N–C) groups is 1. The zero-order valence-electron chi connectivity index (χ0n) is 22.3. The molecule has 3 atom stereocenters. The zero-order chi connectivity index (χ0) is 26.9. The molecular formula is C32H35N3O3. The van der Waals surface area contributed by atoms with Crippen LogP contribution in [0.25, 0.3) is 11.1 Å². The first kappa shape index (κ1) is 25.7. The number of hydrogen-bond donors (Lipinski definition) is 1. The predicted octanol–water partition coefficient (Wildman–Crippen LogP) is 5.91. The Morgan fingerprint density at radius 2 is 1.68 bits per heavy atom. The van der Waals surface area contributed by atoms with Gasteiger partial charge < -0.3 is 15.4 Å². The standard InChI is InChI=1S/C32H35N3O3/c1-4-21-19-29(33)34-32(30(21)36)20-28(23-10-8-7-9-11-23)38-27-17-16-25(18-26(27)32)22-12-14-24(15-13-22)31(37)35(5-2)6-3/h7-18,21,28H,4-6,19-20H2,1-3H3,(H2,33,34). The number of nitrogens with two attached hydrogens (primary N) is 1. The Labute approximate surface area is 224 Å². The minimum absolute atomic E-state index is 0.0227. The summed E-state index contributed by atoms with van der Waals surface area (Å²) in [5, 5.41) is 0. The van der Waals surface area contributed by atoms with Crippen LogP contribution in [0, 0.1) is 5.92 Å². The summed E-state index contributed by atoms with van der Waals surface area (Å²) in [6.07, 6.45) is 1.30. The molecule has 5 rings (SSSR count). The Kier molecular flexibility index (Phi) is 7.06. The second-order valence-corrected chi connectivity index (χ2v) is 10.1. The highest BCUT2D eigenvalue weighted by atomic mass is 16.5. The van der Waals surface area contributed by atoms with Crippen LogP contribution in [0.4, 0.5) is 0 Å². The lowest BCUT2D eigenvalue weighted by Gasteiger charge is -2.43. The molecule has 38 heavy (non-hydrogen) atoms. The first-order valence-electron chi connectivity index (χ1n) is 13.5. The van der Waals surface area contributed by atoms with Crippen LogP contribution in [-0.4, -0.2) is 35.5 Å². The lowest BCUT2D eigenvalue weighted by atomic mass is 9.70. The van der Waals surface area contributed by atoms with Gasteiger partial charge in [0, 0.05) is 43.0 Å². The van der Waals surface area contributed by atoms with Gasteiger partial charge in [0.1, 0.15) is 11.9 Å². The van der Waals surface area contributed by atoms with E-state index in [0.29, 0.717) is 49.5 Å². The van der Waals surface area contributed by atoms with Crippen molar-refractivity contribution in [3.63, 3.8) is 0 Å². The quantitative estimate of drug-likeness (QED) is 0.448. The van der Waals surface area contributed by atoms with Gasteiger partial charge in [-0.15, -0.1) is 0 Å². The van der Waals surface area contributed by atoms with Crippen molar-refractivity contribution in [2.75, 3.05) is 13.1 Å². The van der Waals surface area contributed by atoms with Crippen LogP contribution in [0.5, 0.6) is 5.75 Å². The largest absolute Gasteiger partial charge is 0.485 e. The number of ether oxygens (including phenoxy) is 1. The summed E-state index contributed by atoms with van der Waals surface area (Å²) in [5.41, 5.74) is 9.60. The molecule has 196 valence electrons. The van der Waals surface area contributed by atoms with Gasteiger partial charge in [-0.25, -0.2) is 0 Å². The number of Topliss-reactive ketones (excluding diaryl/α,β-unsaturated/α-hetero) is 1. The fraction of sp³-hybridized carbons (Fsp3) is 0.344. The fourth-order valence-electron chi connectivity index (χ4n) is 5.76. The molecule has 6 nitrogen and oxygen atoms in total. The van der Waals surface area contributed by atoms with Crippen LogP contribution < -0.4 is 10.5 Å². The highest BCUT2D eigenvalue weighted by Gasteiger charge is 2.52. The van der Waals surface area contributed by atoms with Gasteiger partial charge in [0.05, 0.1) is 5.84 Å². The molecule has 0 fully saturated rings. The van der Waals surface area contributed by atoms with Crippen molar-refractivity contribution in [1.29, 1.82) is 0 Å². The molecule has 0 aliphatic carbocycles. The highest BCUT2D eigenvalue weighted by molar-refractivity contribution is 6.01. The lowest BCUT2D eigenvalue weighted by Crippen LogP contribution is -2.48. The van der Waals surface area contributed by atoms with Crippen LogP contribution in [0.15, 0.2) is 77.8 Å². The first-order chi connectivity index (χ1) is 18.4. The van der Waals surface area contributed by atoms with Crippen LogP contribution in [0.1, 0.15) is 67.6 Å². The molecule has 0 radical (unpaired) electrons. The Morgan fingerprint density at radius 3 is 2.34 bits per heavy atom. The van der Waals surface area contributed by atoms with E-state index in [-0.39, 0.29) is 23.7 Å². The molecule has 2 aliphatic heterocycles. The Morgan fingerprint density at radius 1 is 1.00 bits per heavy atom. The number of amides is 1. The SMILES string of the molecule is CCC1CC(N)=NC2(CC(c3ccccc3)Oc3ccc(-c4ccc(C(=O)N(CC)CC)cc4)cc32)C1=O. The third kappa shape index (κ3) is 4.49. The molecule has 1 amide bonds. The molecule has 1 spiro atoms. The number of fused-ring (bicyclic) bond motifs is 2. The molecule has 0 bridgehead atoms. The van der Waals surface area contributed by atoms with E-state index in [9.17, 15) is 9.59 Å². The third-order valence-corrected chi connectivity index (χ3v) is 7.92. The maximum atomic E-state index is 14.0. The number of benzene rings is 3. The lowest BCUT2D eigenvalue weighted by molar-refractivity contribution is -0.131. The van der Waals surface area contributed by atoms with Gasteiger partial charge in [-0.2, -0.15) is 0 Å². The van der Waals surface area contributed by atoms with Gasteiger partial charge >= 0.3 is 0 Å². The van der Waals surface area contributed by atoms with E-state index < -0.39 is 5.54 Å². The number of nitrogens with zero attached hydrogens (tertiary/aromatic N) is 2. The minimum Gasteiger partial charge on any atom is -0.485 e. The van der Waals surface area contributed by atoms with Crippen LogP contribution in [0.2, 0.25) is 0 Å². The van der Waals surface area contributed by atoms with Crippen LogP contribution in [-0.2, 0) is 10.3 Å². The van der Waals surface area contributed by atoms with Crippen molar-refractivity contribution < 1.29 is 14.3 Å². The summed E-state index contributed by atoms with van der Waals surface area (Å²) in [6, 6.07) is 23.6. The zero-order valence-corrected chi connectivity index (χ0v) is 22.3. The second kappa shape index (κ2) is 10.4. The predicted molar refractivity (Wildman–Crippen MR) is 150 cm³/mol. The third-order valence-electron chi connectivity index (χ3n) is 7.92. The van der Waals surface area contributed by atoms with Crippen molar-refractivity contribution in [2.24, 2.45) is 16.6 Å². The van der Waals surface area contributed by atoms with Gasteiger partial charge in [-0.05, 0) is 61.2 Å². The number of carbonyl (C=O) groups is 2. The molecule has 0 saturated heterocycles. The van der Waals surface area contributed by atoms with E-state index in [1.54, 1.807) is 4.90 Å². The van der Waals surface area contributed by atoms with Crippen molar-refractivity contribution in [1.82, 2.24) is 4.90 Å². The second-order valence-electron chi connectivity index (χ2n) is 10.1. The van der Waals surface area contributed by atoms with Gasteiger partial charge in [0.15, 0.2) is 11.3 Å². The molecule has 2 aliphatic rings. The molecule has 3 aromatic carbocycles. The number of amidine groups is 1. The maximum absolute atomic E-state index is 14.0. The average Bonchev–Trinajstić information content (AvgIpc) is 2.96. The summed E-state index contributed by atoms with van der Waals surface area (Å²) in [4.78, 5) is 33.5. The van der Waals surface area contributed by atoms with E-state index in [1.165, 1.54) is 0 Å². The Bertz CT molecular complexity index is 1360. The van der Waals surface area contributed by atoms with E-state index in [0.717, 1.165) is 22.3 Å². The van der Waals surface area contributed by atoms with E-state index in [1.807, 2.05) is 93.6 Å². The molecule has 0 aromatic heterocycles. The summed E-state index contributed by atoms with van der Waals surface area (Å²) in [6.45, 7) is 7.33. The van der Waals surface area contributed by atoms with Gasteiger partial charge in [-0.1, -0.05) is 55.5 Å². The van der Waals surface area contributed by atoms with Crippen LogP contribution in [0.3, 0.4) is 0 Å². The molecule has 6 heteroatoms. The fourth-order valence-corrected chi connectivity index (χ4v) is 5.76. The van der Waals surface area contributed by atoms with Crippen LogP contribution >= 0.6 is 0 Å². The summed E-state index contributed by atoms with van der Waals surface area (Å²) in [5.74, 6) is 1.13. The Hall–Kier alpha value is -3.93. The monoisotopic (exact) mass is 509 g/mol. The topological polar surface area (TPSA) is 85.0 Å². The van der Waals surface area contributed by atoms with Crippen molar-refractivity contribution >= 4 is 17.5 Å². The van der Waals surface area contributed by atoms with Gasteiger partial charge in [0.25, 0.3) is 5.91 Å². The average molecular weight is 510 g/mol.